The van der Waals surface area contributed by atoms with Crippen LogP contribution in [-0.4, -0.2) is 29.9 Å². The maximum atomic E-state index is 11.3. The fraction of sp³-hybridized carbons (Fsp3) is 0.778. The van der Waals surface area contributed by atoms with Crippen molar-refractivity contribution >= 4 is 5.91 Å². The van der Waals surface area contributed by atoms with Crippen LogP contribution in [0, 0.1) is 11.3 Å². The van der Waals surface area contributed by atoms with Crippen LogP contribution in [0.25, 0.3) is 0 Å². The summed E-state index contributed by atoms with van der Waals surface area (Å²) in [6.45, 7) is 0.897. The number of nitrogens with two attached hydrogens (primary N) is 1. The summed E-state index contributed by atoms with van der Waals surface area (Å²) in [5.41, 5.74) is 4.83. The van der Waals surface area contributed by atoms with E-state index >= 15 is 0 Å². The summed E-state index contributed by atoms with van der Waals surface area (Å²) in [6.07, 6.45) is 2.74. The van der Waals surface area contributed by atoms with Gasteiger partial charge >= 0.3 is 0 Å². The Bertz CT molecular complexity index is 246. The number of nitriles is 1. The van der Waals surface area contributed by atoms with Crippen molar-refractivity contribution in [2.24, 2.45) is 5.73 Å². The Labute approximate surface area is 78.3 Å². The summed E-state index contributed by atoms with van der Waals surface area (Å²) in [4.78, 5) is 13.3. The molecule has 0 saturated carbocycles. The van der Waals surface area contributed by atoms with E-state index in [0.29, 0.717) is 12.8 Å². The number of likely N-dealkylation sites (N-methyl/N-ethyl adjacent to an activating group) is 1. The lowest BCUT2D eigenvalue weighted by Crippen LogP contribution is -2.52. The minimum Gasteiger partial charge on any atom is -0.368 e. The standard InChI is InChI=1S/C9H15N3O/c1-12-7-3-5-9(12,8(11)13)4-2-6-10/h2-5,7H2,1H3,(H2,11,13)/t9-/m0/s1. The molecule has 0 spiro atoms. The lowest BCUT2D eigenvalue weighted by Gasteiger charge is -2.32. The molecule has 4 nitrogen and oxygen atoms in total. The second-order valence-electron chi connectivity index (χ2n) is 3.58. The van der Waals surface area contributed by atoms with Crippen molar-refractivity contribution in [3.8, 4) is 6.07 Å². The number of nitrogens with zero attached hydrogens (tertiary/aromatic N) is 2. The van der Waals surface area contributed by atoms with E-state index in [4.69, 9.17) is 11.0 Å². The van der Waals surface area contributed by atoms with Gasteiger partial charge in [0.1, 0.15) is 5.54 Å². The first kappa shape index (κ1) is 10.0. The van der Waals surface area contributed by atoms with E-state index in [1.807, 2.05) is 11.9 Å². The summed E-state index contributed by atoms with van der Waals surface area (Å²) in [5, 5.41) is 8.49. The van der Waals surface area contributed by atoms with Crippen LogP contribution in [0.4, 0.5) is 0 Å². The molecule has 13 heavy (non-hydrogen) atoms. The zero-order chi connectivity index (χ0) is 9.90. The van der Waals surface area contributed by atoms with Crippen molar-refractivity contribution in [1.82, 2.24) is 4.90 Å². The van der Waals surface area contributed by atoms with E-state index < -0.39 is 5.54 Å². The number of carbonyl (C=O) groups is 1. The molecule has 1 aliphatic heterocycles. The Hall–Kier alpha value is -1.08. The summed E-state index contributed by atoms with van der Waals surface area (Å²) in [5.74, 6) is -0.289. The van der Waals surface area contributed by atoms with Gasteiger partial charge in [-0.05, 0) is 32.9 Å². The van der Waals surface area contributed by atoms with Gasteiger partial charge in [0.05, 0.1) is 6.07 Å². The van der Waals surface area contributed by atoms with Gasteiger partial charge in [-0.2, -0.15) is 5.26 Å². The van der Waals surface area contributed by atoms with Crippen LogP contribution < -0.4 is 5.73 Å². The predicted octanol–water partition coefficient (Wildman–Crippen LogP) is 0.240. The van der Waals surface area contributed by atoms with Crippen LogP contribution in [0.2, 0.25) is 0 Å². The number of hydrogen-bond donors (Lipinski definition) is 1. The van der Waals surface area contributed by atoms with E-state index in [0.717, 1.165) is 19.4 Å². The molecule has 2 N–H and O–H groups in total. The minimum absolute atomic E-state index is 0.289. The number of primary amides is 1. The number of carbonyl (C=O) groups excluding carboxylic acids is 1. The number of likely N-dealkylation sites (tertiary alicyclic amines) is 1. The molecule has 0 aromatic carbocycles. The third-order valence-corrected chi connectivity index (χ3v) is 2.92. The van der Waals surface area contributed by atoms with Crippen molar-refractivity contribution in [2.75, 3.05) is 13.6 Å². The zero-order valence-electron chi connectivity index (χ0n) is 7.92. The molecule has 1 heterocycles. The Morgan fingerprint density at radius 3 is 2.85 bits per heavy atom. The maximum absolute atomic E-state index is 11.3. The largest absolute Gasteiger partial charge is 0.368 e. The summed E-state index contributed by atoms with van der Waals surface area (Å²) >= 11 is 0. The first-order chi connectivity index (χ1) is 6.13. The molecule has 0 unspecified atom stereocenters. The number of amides is 1. The van der Waals surface area contributed by atoms with Crippen molar-refractivity contribution in [2.45, 2.75) is 31.2 Å². The van der Waals surface area contributed by atoms with Crippen molar-refractivity contribution in [3.05, 3.63) is 0 Å². The van der Waals surface area contributed by atoms with Crippen molar-refractivity contribution in [1.29, 1.82) is 5.26 Å². The van der Waals surface area contributed by atoms with Gasteiger partial charge < -0.3 is 5.73 Å². The first-order valence-corrected chi connectivity index (χ1v) is 4.51. The molecule has 4 heteroatoms. The highest BCUT2D eigenvalue weighted by molar-refractivity contribution is 5.85. The molecule has 0 aromatic rings. The highest BCUT2D eigenvalue weighted by Gasteiger charge is 2.43. The van der Waals surface area contributed by atoms with E-state index in [2.05, 4.69) is 6.07 Å². The quantitative estimate of drug-likeness (QED) is 0.678. The second-order valence-corrected chi connectivity index (χ2v) is 3.58. The topological polar surface area (TPSA) is 70.1 Å². The first-order valence-electron chi connectivity index (χ1n) is 4.51. The highest BCUT2D eigenvalue weighted by Crippen LogP contribution is 2.31. The van der Waals surface area contributed by atoms with Crippen molar-refractivity contribution in [3.63, 3.8) is 0 Å². The third-order valence-electron chi connectivity index (χ3n) is 2.92. The van der Waals surface area contributed by atoms with E-state index in [-0.39, 0.29) is 5.91 Å². The zero-order valence-corrected chi connectivity index (χ0v) is 7.92. The molecule has 0 radical (unpaired) electrons. The van der Waals surface area contributed by atoms with Crippen LogP contribution in [0.5, 0.6) is 0 Å². The second kappa shape index (κ2) is 3.75. The molecular weight excluding hydrogens is 166 g/mol. The molecule has 0 aliphatic carbocycles. The number of rotatable bonds is 3. The normalized spacial score (nSPS) is 28.6. The minimum atomic E-state index is -0.546. The van der Waals surface area contributed by atoms with Gasteiger partial charge in [0.25, 0.3) is 0 Å². The molecule has 1 saturated heterocycles. The smallest absolute Gasteiger partial charge is 0.237 e. The van der Waals surface area contributed by atoms with Gasteiger partial charge in [-0.3, -0.25) is 9.69 Å². The van der Waals surface area contributed by atoms with Gasteiger partial charge in [-0.1, -0.05) is 0 Å². The predicted molar refractivity (Wildman–Crippen MR) is 48.6 cm³/mol. The summed E-state index contributed by atoms with van der Waals surface area (Å²) < 4.78 is 0. The Kier molecular flexibility index (Phi) is 2.89. The molecule has 1 fully saturated rings. The monoisotopic (exact) mass is 181 g/mol. The Morgan fingerprint density at radius 2 is 2.46 bits per heavy atom. The van der Waals surface area contributed by atoms with Gasteiger partial charge in [0.15, 0.2) is 0 Å². The van der Waals surface area contributed by atoms with E-state index in [1.165, 1.54) is 0 Å². The maximum Gasteiger partial charge on any atom is 0.237 e. The number of hydrogen-bond acceptors (Lipinski definition) is 3. The van der Waals surface area contributed by atoms with Crippen LogP contribution >= 0.6 is 0 Å². The average Bonchev–Trinajstić information content (AvgIpc) is 2.45. The molecule has 1 rings (SSSR count). The Morgan fingerprint density at radius 1 is 1.77 bits per heavy atom. The van der Waals surface area contributed by atoms with Crippen LogP contribution in [0.3, 0.4) is 0 Å². The lowest BCUT2D eigenvalue weighted by molar-refractivity contribution is -0.128. The van der Waals surface area contributed by atoms with Crippen LogP contribution in [0.15, 0.2) is 0 Å². The SMILES string of the molecule is CN1CCC[C@@]1(CCC#N)C(N)=O. The molecule has 1 atom stereocenters. The van der Waals surface area contributed by atoms with E-state index in [9.17, 15) is 4.79 Å². The van der Waals surface area contributed by atoms with E-state index in [1.54, 1.807) is 0 Å². The van der Waals surface area contributed by atoms with Crippen molar-refractivity contribution < 1.29 is 4.79 Å². The molecule has 0 aromatic heterocycles. The van der Waals surface area contributed by atoms with Gasteiger partial charge in [0.2, 0.25) is 5.91 Å². The highest BCUT2D eigenvalue weighted by atomic mass is 16.1. The summed E-state index contributed by atoms with van der Waals surface area (Å²) in [7, 11) is 1.90. The molecule has 1 aliphatic rings. The average molecular weight is 181 g/mol. The molecule has 72 valence electrons. The Balaban J connectivity index is 2.76. The van der Waals surface area contributed by atoms with Gasteiger partial charge in [-0.25, -0.2) is 0 Å². The summed E-state index contributed by atoms with van der Waals surface area (Å²) in [6, 6.07) is 2.06. The lowest BCUT2D eigenvalue weighted by atomic mass is 9.90. The van der Waals surface area contributed by atoms with Gasteiger partial charge in [0, 0.05) is 6.42 Å². The molecule has 0 bridgehead atoms. The fourth-order valence-corrected chi connectivity index (χ4v) is 2.03. The third kappa shape index (κ3) is 1.65. The van der Waals surface area contributed by atoms with Crippen LogP contribution in [0.1, 0.15) is 25.7 Å². The molecule has 1 amide bonds. The van der Waals surface area contributed by atoms with Crippen LogP contribution in [-0.2, 0) is 4.79 Å². The fourth-order valence-electron chi connectivity index (χ4n) is 2.03. The molecular formula is C9H15N3O. The van der Waals surface area contributed by atoms with Gasteiger partial charge in [-0.15, -0.1) is 0 Å².